The van der Waals surface area contributed by atoms with Crippen LogP contribution in [0.4, 0.5) is 24.5 Å². The normalized spacial score (nSPS) is 14.3. The Kier molecular flexibility index (Phi) is 6.97. The van der Waals surface area contributed by atoms with Gasteiger partial charge in [0.05, 0.1) is 12.0 Å². The molecule has 160 valence electrons. The van der Waals surface area contributed by atoms with Gasteiger partial charge in [0.2, 0.25) is 0 Å². The van der Waals surface area contributed by atoms with Crippen molar-refractivity contribution in [2.45, 2.75) is 31.9 Å². The topological polar surface area (TPSA) is 58.6 Å². The monoisotopic (exact) mass is 420 g/mol. The third kappa shape index (κ3) is 6.23. The molecule has 1 fully saturated rings. The second-order valence-electron chi connectivity index (χ2n) is 7.17. The first-order valence-electron chi connectivity index (χ1n) is 9.78. The molecule has 2 aromatic rings. The van der Waals surface area contributed by atoms with Gasteiger partial charge in [-0.2, -0.15) is 13.2 Å². The molecule has 0 unspecified atom stereocenters. The van der Waals surface area contributed by atoms with E-state index in [1.54, 1.807) is 12.1 Å². The third-order valence-electron chi connectivity index (χ3n) is 4.87. The van der Waals surface area contributed by atoms with Gasteiger partial charge in [-0.05, 0) is 61.2 Å². The Morgan fingerprint density at radius 2 is 1.57 bits per heavy atom. The maximum absolute atomic E-state index is 12.5. The summed E-state index contributed by atoms with van der Waals surface area (Å²) in [7, 11) is 0. The largest absolute Gasteiger partial charge is 0.455 e. The van der Waals surface area contributed by atoms with Gasteiger partial charge in [-0.3, -0.25) is 9.59 Å². The number of nitrogens with zero attached hydrogens (tertiary/aromatic N) is 1. The Morgan fingerprint density at radius 3 is 2.17 bits per heavy atom. The molecular weight excluding hydrogens is 397 g/mol. The number of hydrogen-bond donors (Lipinski definition) is 1. The van der Waals surface area contributed by atoms with Crippen LogP contribution in [0.1, 0.15) is 30.4 Å². The summed E-state index contributed by atoms with van der Waals surface area (Å²) in [5.74, 6) is -1.17. The van der Waals surface area contributed by atoms with Crippen molar-refractivity contribution in [1.82, 2.24) is 0 Å². The van der Waals surface area contributed by atoms with E-state index in [0.29, 0.717) is 11.3 Å². The number of esters is 1. The van der Waals surface area contributed by atoms with E-state index in [4.69, 9.17) is 4.74 Å². The molecule has 1 aliphatic rings. The van der Waals surface area contributed by atoms with Crippen molar-refractivity contribution in [3.05, 3.63) is 59.7 Å². The smallest absolute Gasteiger partial charge is 0.416 e. The lowest BCUT2D eigenvalue weighted by molar-refractivity contribution is -0.146. The Balaban J connectivity index is 1.43. The highest BCUT2D eigenvalue weighted by molar-refractivity contribution is 5.93. The van der Waals surface area contributed by atoms with E-state index < -0.39 is 30.2 Å². The molecule has 0 saturated carbocycles. The van der Waals surface area contributed by atoms with E-state index in [1.165, 1.54) is 31.4 Å². The number of amides is 1. The first-order valence-corrected chi connectivity index (χ1v) is 9.78. The standard InChI is InChI=1S/C22H23F3N2O3/c23-22(24,25)17-6-4-16(5-7-17)14-21(29)30-15-20(28)26-18-8-10-19(11-9-18)27-12-2-1-3-13-27/h4-11H,1-3,12-15H2,(H,26,28). The molecular formula is C22H23F3N2O3. The molecule has 30 heavy (non-hydrogen) atoms. The van der Waals surface area contributed by atoms with Gasteiger partial charge in [0, 0.05) is 24.5 Å². The number of piperidine rings is 1. The molecule has 1 saturated heterocycles. The van der Waals surface area contributed by atoms with Crippen LogP contribution in [0.25, 0.3) is 0 Å². The van der Waals surface area contributed by atoms with Gasteiger partial charge >= 0.3 is 12.1 Å². The minimum absolute atomic E-state index is 0.212. The van der Waals surface area contributed by atoms with Crippen LogP contribution in [0.15, 0.2) is 48.5 Å². The maximum Gasteiger partial charge on any atom is 0.416 e. The number of alkyl halides is 3. The minimum Gasteiger partial charge on any atom is -0.455 e. The van der Waals surface area contributed by atoms with Gasteiger partial charge in [-0.25, -0.2) is 0 Å². The van der Waals surface area contributed by atoms with Crippen LogP contribution in [0, 0.1) is 0 Å². The van der Waals surface area contributed by atoms with Gasteiger partial charge in [0.1, 0.15) is 0 Å². The summed E-state index contributed by atoms with van der Waals surface area (Å²) < 4.78 is 42.6. The summed E-state index contributed by atoms with van der Waals surface area (Å²) in [6.45, 7) is 1.59. The van der Waals surface area contributed by atoms with E-state index in [-0.39, 0.29) is 6.42 Å². The van der Waals surface area contributed by atoms with Crippen LogP contribution < -0.4 is 10.2 Å². The number of halogens is 3. The molecule has 1 amide bonds. The zero-order chi connectivity index (χ0) is 21.6. The fourth-order valence-electron chi connectivity index (χ4n) is 3.28. The van der Waals surface area contributed by atoms with Gasteiger partial charge in [0.25, 0.3) is 5.91 Å². The highest BCUT2D eigenvalue weighted by Gasteiger charge is 2.30. The molecule has 8 heteroatoms. The predicted octanol–water partition coefficient (Wildman–Crippen LogP) is 4.42. The summed E-state index contributed by atoms with van der Waals surface area (Å²) >= 11 is 0. The lowest BCUT2D eigenvalue weighted by Gasteiger charge is -2.28. The Morgan fingerprint density at radius 1 is 0.933 bits per heavy atom. The van der Waals surface area contributed by atoms with Gasteiger partial charge in [0.15, 0.2) is 6.61 Å². The van der Waals surface area contributed by atoms with Crippen LogP contribution in [0.2, 0.25) is 0 Å². The Hall–Kier alpha value is -3.03. The van der Waals surface area contributed by atoms with Crippen LogP contribution in [0.3, 0.4) is 0 Å². The number of carbonyl (C=O) groups is 2. The van der Waals surface area contributed by atoms with Gasteiger partial charge in [-0.15, -0.1) is 0 Å². The van der Waals surface area contributed by atoms with Crippen LogP contribution in [0.5, 0.6) is 0 Å². The fourth-order valence-corrected chi connectivity index (χ4v) is 3.28. The van der Waals surface area contributed by atoms with E-state index in [9.17, 15) is 22.8 Å². The quantitative estimate of drug-likeness (QED) is 0.703. The number of carbonyl (C=O) groups excluding carboxylic acids is 2. The second-order valence-corrected chi connectivity index (χ2v) is 7.17. The molecule has 0 spiro atoms. The zero-order valence-electron chi connectivity index (χ0n) is 16.4. The average Bonchev–Trinajstić information content (AvgIpc) is 2.73. The fraction of sp³-hybridized carbons (Fsp3) is 0.364. The first kappa shape index (κ1) is 21.7. The van der Waals surface area contributed by atoms with E-state index in [0.717, 1.165) is 30.9 Å². The number of hydrogen-bond acceptors (Lipinski definition) is 4. The van der Waals surface area contributed by atoms with Crippen molar-refractivity contribution in [2.75, 3.05) is 29.9 Å². The third-order valence-corrected chi connectivity index (χ3v) is 4.87. The molecule has 0 bridgehead atoms. The van der Waals surface area contributed by atoms with Gasteiger partial charge in [-0.1, -0.05) is 12.1 Å². The number of ether oxygens (including phenoxy) is 1. The number of rotatable bonds is 6. The molecule has 1 N–H and O–H groups in total. The van der Waals surface area contributed by atoms with Crippen molar-refractivity contribution < 1.29 is 27.5 Å². The SMILES string of the molecule is O=C(COC(=O)Cc1ccc(C(F)(F)F)cc1)Nc1ccc(N2CCCCC2)cc1. The zero-order valence-corrected chi connectivity index (χ0v) is 16.4. The molecule has 0 aliphatic carbocycles. The highest BCUT2D eigenvalue weighted by atomic mass is 19.4. The van der Waals surface area contributed by atoms with Crippen LogP contribution >= 0.6 is 0 Å². The first-order chi connectivity index (χ1) is 14.3. The Labute approximate surface area is 172 Å². The second kappa shape index (κ2) is 9.65. The maximum atomic E-state index is 12.5. The molecule has 5 nitrogen and oxygen atoms in total. The summed E-state index contributed by atoms with van der Waals surface area (Å²) in [5, 5.41) is 2.66. The molecule has 0 radical (unpaired) electrons. The van der Waals surface area contributed by atoms with Crippen molar-refractivity contribution in [3.63, 3.8) is 0 Å². The van der Waals surface area contributed by atoms with E-state index in [2.05, 4.69) is 10.2 Å². The van der Waals surface area contributed by atoms with Crippen molar-refractivity contribution in [3.8, 4) is 0 Å². The van der Waals surface area contributed by atoms with Crippen molar-refractivity contribution in [2.24, 2.45) is 0 Å². The Bertz CT molecular complexity index is 859. The lowest BCUT2D eigenvalue weighted by Crippen LogP contribution is -2.29. The van der Waals surface area contributed by atoms with Crippen molar-refractivity contribution >= 4 is 23.3 Å². The molecule has 1 heterocycles. The number of nitrogens with one attached hydrogen (secondary N) is 1. The van der Waals surface area contributed by atoms with Crippen LogP contribution in [-0.4, -0.2) is 31.6 Å². The highest BCUT2D eigenvalue weighted by Crippen LogP contribution is 2.29. The van der Waals surface area contributed by atoms with Gasteiger partial charge < -0.3 is 15.0 Å². The minimum atomic E-state index is -4.43. The predicted molar refractivity (Wildman–Crippen MR) is 107 cm³/mol. The van der Waals surface area contributed by atoms with Crippen molar-refractivity contribution in [1.29, 1.82) is 0 Å². The summed E-state index contributed by atoms with van der Waals surface area (Å²) in [4.78, 5) is 26.1. The number of benzene rings is 2. The summed E-state index contributed by atoms with van der Waals surface area (Å²) in [5.41, 5.74) is 1.29. The average molecular weight is 420 g/mol. The molecule has 0 atom stereocenters. The molecule has 2 aromatic carbocycles. The lowest BCUT2D eigenvalue weighted by atomic mass is 10.1. The molecule has 1 aliphatic heterocycles. The number of anilines is 2. The van der Waals surface area contributed by atoms with E-state index >= 15 is 0 Å². The summed E-state index contributed by atoms with van der Waals surface area (Å²) in [6.07, 6.45) is -1.03. The summed E-state index contributed by atoms with van der Waals surface area (Å²) in [6, 6.07) is 11.7. The van der Waals surface area contributed by atoms with E-state index in [1.807, 2.05) is 12.1 Å². The molecule has 3 rings (SSSR count). The molecule has 0 aromatic heterocycles. The van der Waals surface area contributed by atoms with Crippen LogP contribution in [-0.2, 0) is 26.9 Å².